The number of nitrogens with two attached hydrogens (primary N) is 1. The van der Waals surface area contributed by atoms with E-state index in [4.69, 9.17) is 5.84 Å². The smallest absolute Gasteiger partial charge is 0.263 e. The third kappa shape index (κ3) is 2.68. The maximum atomic E-state index is 12.7. The molecule has 0 saturated carbocycles. The number of nitrogen functional groups attached to an aromatic ring is 1. The third-order valence-corrected chi connectivity index (χ3v) is 3.72. The van der Waals surface area contributed by atoms with Crippen LogP contribution < -0.4 is 16.8 Å². The van der Waals surface area contributed by atoms with Crippen LogP contribution in [0.3, 0.4) is 0 Å². The lowest BCUT2D eigenvalue weighted by molar-refractivity contribution is 0.754. The fourth-order valence-electron chi connectivity index (χ4n) is 2.22. The molecule has 1 aromatic heterocycles. The number of anilines is 1. The van der Waals surface area contributed by atoms with Crippen molar-refractivity contribution in [2.24, 2.45) is 5.84 Å². The van der Waals surface area contributed by atoms with Crippen molar-refractivity contribution in [1.29, 1.82) is 0 Å². The Balaban J connectivity index is 2.20. The first-order valence-corrected chi connectivity index (χ1v) is 7.19. The summed E-state index contributed by atoms with van der Waals surface area (Å²) in [5, 5.41) is 0.555. The minimum Gasteiger partial charge on any atom is -0.294 e. The Kier molecular flexibility index (Phi) is 3.72. The van der Waals surface area contributed by atoms with Gasteiger partial charge in [0.05, 0.1) is 17.4 Å². The van der Waals surface area contributed by atoms with Gasteiger partial charge in [-0.15, -0.1) is 0 Å². The van der Waals surface area contributed by atoms with Crippen molar-refractivity contribution in [1.82, 2.24) is 9.55 Å². The average molecular weight is 345 g/mol. The normalized spacial score (nSPS) is 10.8. The zero-order valence-electron chi connectivity index (χ0n) is 11.1. The number of nitrogens with one attached hydrogen (secondary N) is 1. The van der Waals surface area contributed by atoms with Gasteiger partial charge in [0.15, 0.2) is 0 Å². The van der Waals surface area contributed by atoms with Crippen LogP contribution >= 0.6 is 15.9 Å². The number of hydrogen-bond acceptors (Lipinski definition) is 4. The summed E-state index contributed by atoms with van der Waals surface area (Å²) in [6, 6.07) is 15.1. The monoisotopic (exact) mass is 344 g/mol. The van der Waals surface area contributed by atoms with Gasteiger partial charge in [-0.2, -0.15) is 0 Å². The minimum absolute atomic E-state index is 0.127. The van der Waals surface area contributed by atoms with E-state index in [-0.39, 0.29) is 5.56 Å². The quantitative estimate of drug-likeness (QED) is 0.565. The molecule has 0 saturated heterocycles. The zero-order valence-corrected chi connectivity index (χ0v) is 12.7. The highest BCUT2D eigenvalue weighted by Crippen LogP contribution is 2.17. The Labute approximate surface area is 129 Å². The summed E-state index contributed by atoms with van der Waals surface area (Å²) in [5.41, 5.74) is 4.00. The van der Waals surface area contributed by atoms with Gasteiger partial charge >= 0.3 is 0 Å². The Bertz CT molecular complexity index is 845. The van der Waals surface area contributed by atoms with Crippen molar-refractivity contribution in [2.45, 2.75) is 6.54 Å². The van der Waals surface area contributed by atoms with Gasteiger partial charge < -0.3 is 0 Å². The topological polar surface area (TPSA) is 72.9 Å². The van der Waals surface area contributed by atoms with E-state index < -0.39 is 0 Å². The van der Waals surface area contributed by atoms with E-state index in [1.807, 2.05) is 36.4 Å². The van der Waals surface area contributed by atoms with Crippen LogP contribution in [0.25, 0.3) is 10.9 Å². The van der Waals surface area contributed by atoms with Gasteiger partial charge in [0.25, 0.3) is 5.56 Å². The summed E-state index contributed by atoms with van der Waals surface area (Å²) >= 11 is 3.38. The largest absolute Gasteiger partial charge is 0.294 e. The lowest BCUT2D eigenvalue weighted by Crippen LogP contribution is -2.27. The molecule has 21 heavy (non-hydrogen) atoms. The standard InChI is InChI=1S/C15H13BrN4O/c16-11-6-7-13-12(8-11)14(21)20(15(18-13)19-17)9-10-4-2-1-3-5-10/h1-8H,9,17H2,(H,18,19). The van der Waals surface area contributed by atoms with Crippen molar-refractivity contribution in [3.05, 3.63) is 68.9 Å². The molecule has 106 valence electrons. The SMILES string of the molecule is NNc1nc2ccc(Br)cc2c(=O)n1Cc1ccccc1. The van der Waals surface area contributed by atoms with Crippen LogP contribution in [0.4, 0.5) is 5.95 Å². The molecule has 0 aliphatic heterocycles. The molecule has 0 radical (unpaired) electrons. The molecule has 3 aromatic rings. The molecule has 5 nitrogen and oxygen atoms in total. The van der Waals surface area contributed by atoms with E-state index in [0.717, 1.165) is 10.0 Å². The van der Waals surface area contributed by atoms with Crippen molar-refractivity contribution >= 4 is 32.8 Å². The molecule has 3 rings (SSSR count). The lowest BCUT2D eigenvalue weighted by Gasteiger charge is -2.12. The first-order chi connectivity index (χ1) is 10.2. The van der Waals surface area contributed by atoms with Crippen molar-refractivity contribution in [3.8, 4) is 0 Å². The Morgan fingerprint density at radius 3 is 2.67 bits per heavy atom. The van der Waals surface area contributed by atoms with Crippen LogP contribution in [-0.2, 0) is 6.54 Å². The number of halogens is 1. The lowest BCUT2D eigenvalue weighted by atomic mass is 10.2. The molecule has 0 fully saturated rings. The molecule has 0 unspecified atom stereocenters. The highest BCUT2D eigenvalue weighted by atomic mass is 79.9. The molecule has 0 aliphatic carbocycles. The predicted molar refractivity (Wildman–Crippen MR) is 87.1 cm³/mol. The maximum Gasteiger partial charge on any atom is 0.263 e. The molecule has 0 aliphatic rings. The molecular formula is C15H13BrN4O. The number of rotatable bonds is 3. The predicted octanol–water partition coefficient (Wildman–Crippen LogP) is 2.49. The highest BCUT2D eigenvalue weighted by Gasteiger charge is 2.11. The van der Waals surface area contributed by atoms with E-state index in [1.54, 1.807) is 12.1 Å². The summed E-state index contributed by atoms with van der Waals surface area (Å²) in [6.45, 7) is 0.411. The van der Waals surface area contributed by atoms with Crippen LogP contribution in [0.5, 0.6) is 0 Å². The molecule has 0 bridgehead atoms. The number of hydrazine groups is 1. The fraction of sp³-hybridized carbons (Fsp3) is 0.0667. The van der Waals surface area contributed by atoms with E-state index in [2.05, 4.69) is 26.3 Å². The van der Waals surface area contributed by atoms with Crippen molar-refractivity contribution < 1.29 is 0 Å². The highest BCUT2D eigenvalue weighted by molar-refractivity contribution is 9.10. The summed E-state index contributed by atoms with van der Waals surface area (Å²) in [4.78, 5) is 17.1. The molecule has 0 atom stereocenters. The molecule has 1 heterocycles. The van der Waals surface area contributed by atoms with Crippen LogP contribution in [0.15, 0.2) is 57.8 Å². The molecular weight excluding hydrogens is 332 g/mol. The van der Waals surface area contributed by atoms with Crippen molar-refractivity contribution in [3.63, 3.8) is 0 Å². The summed E-state index contributed by atoms with van der Waals surface area (Å²) < 4.78 is 2.37. The second-order valence-corrected chi connectivity index (χ2v) is 5.53. The van der Waals surface area contributed by atoms with Gasteiger partial charge in [0.1, 0.15) is 0 Å². The van der Waals surface area contributed by atoms with E-state index in [1.165, 1.54) is 4.57 Å². The van der Waals surface area contributed by atoms with Crippen LogP contribution in [0, 0.1) is 0 Å². The average Bonchev–Trinajstić information content (AvgIpc) is 2.51. The third-order valence-electron chi connectivity index (χ3n) is 3.23. The summed E-state index contributed by atoms with van der Waals surface area (Å²) in [6.07, 6.45) is 0. The van der Waals surface area contributed by atoms with Gasteiger partial charge in [-0.1, -0.05) is 46.3 Å². The molecule has 0 spiro atoms. The maximum absolute atomic E-state index is 12.7. The number of nitrogens with zero attached hydrogens (tertiary/aromatic N) is 2. The molecule has 3 N–H and O–H groups in total. The molecule has 6 heteroatoms. The second kappa shape index (κ2) is 5.67. The first-order valence-electron chi connectivity index (χ1n) is 6.39. The van der Waals surface area contributed by atoms with Crippen LogP contribution in [0.1, 0.15) is 5.56 Å². The first kappa shape index (κ1) is 13.8. The second-order valence-electron chi connectivity index (χ2n) is 4.62. The van der Waals surface area contributed by atoms with Crippen LogP contribution in [-0.4, -0.2) is 9.55 Å². The van der Waals surface area contributed by atoms with Gasteiger partial charge in [-0.3, -0.25) is 14.8 Å². The van der Waals surface area contributed by atoms with E-state index in [9.17, 15) is 4.79 Å². The number of aromatic nitrogens is 2. The van der Waals surface area contributed by atoms with Gasteiger partial charge in [-0.25, -0.2) is 10.8 Å². The number of fused-ring (bicyclic) bond motifs is 1. The zero-order chi connectivity index (χ0) is 14.8. The fourth-order valence-corrected chi connectivity index (χ4v) is 2.58. The van der Waals surface area contributed by atoms with Gasteiger partial charge in [0.2, 0.25) is 5.95 Å². The van der Waals surface area contributed by atoms with Crippen LogP contribution in [0.2, 0.25) is 0 Å². The summed E-state index contributed by atoms with van der Waals surface area (Å²) in [5.74, 6) is 5.86. The van der Waals surface area contributed by atoms with E-state index >= 15 is 0 Å². The number of hydrogen-bond donors (Lipinski definition) is 2. The van der Waals surface area contributed by atoms with Crippen molar-refractivity contribution in [2.75, 3.05) is 5.43 Å². The summed E-state index contributed by atoms with van der Waals surface area (Å²) in [7, 11) is 0. The Hall–Kier alpha value is -2.18. The minimum atomic E-state index is -0.127. The van der Waals surface area contributed by atoms with Gasteiger partial charge in [0, 0.05) is 4.47 Å². The number of benzene rings is 2. The van der Waals surface area contributed by atoms with E-state index in [0.29, 0.717) is 23.4 Å². The van der Waals surface area contributed by atoms with Gasteiger partial charge in [-0.05, 0) is 23.8 Å². The Morgan fingerprint density at radius 1 is 1.19 bits per heavy atom. The Morgan fingerprint density at radius 2 is 1.95 bits per heavy atom. The molecule has 0 amide bonds. The molecule has 2 aromatic carbocycles.